The predicted molar refractivity (Wildman–Crippen MR) is 101 cm³/mol. The van der Waals surface area contributed by atoms with E-state index in [0.29, 0.717) is 5.02 Å². The SMILES string of the molecule is Cc1nc(-c2ccccc2NC(=O)/C=C/c2ccccc2Cl)cs1. The van der Waals surface area contributed by atoms with E-state index in [0.717, 1.165) is 27.5 Å². The van der Waals surface area contributed by atoms with Gasteiger partial charge in [0.25, 0.3) is 0 Å². The molecule has 3 rings (SSSR count). The number of nitrogens with zero attached hydrogens (tertiary/aromatic N) is 1. The van der Waals surface area contributed by atoms with Gasteiger partial charge < -0.3 is 5.32 Å². The van der Waals surface area contributed by atoms with Crippen LogP contribution in [-0.2, 0) is 4.79 Å². The van der Waals surface area contributed by atoms with E-state index >= 15 is 0 Å². The van der Waals surface area contributed by atoms with E-state index < -0.39 is 0 Å². The molecule has 1 amide bonds. The lowest BCUT2D eigenvalue weighted by Gasteiger charge is -2.07. The van der Waals surface area contributed by atoms with Gasteiger partial charge in [-0.1, -0.05) is 48.0 Å². The zero-order chi connectivity index (χ0) is 16.9. The lowest BCUT2D eigenvalue weighted by Crippen LogP contribution is -2.08. The van der Waals surface area contributed by atoms with E-state index in [1.165, 1.54) is 6.08 Å². The van der Waals surface area contributed by atoms with Gasteiger partial charge in [-0.05, 0) is 30.7 Å². The van der Waals surface area contributed by atoms with Crippen molar-refractivity contribution in [1.29, 1.82) is 0 Å². The van der Waals surface area contributed by atoms with Crippen molar-refractivity contribution < 1.29 is 4.79 Å². The summed E-state index contributed by atoms with van der Waals surface area (Å²) in [6.07, 6.45) is 3.18. The number of hydrogen-bond acceptors (Lipinski definition) is 3. The Bertz CT molecular complexity index is 902. The molecule has 1 heterocycles. The van der Waals surface area contributed by atoms with E-state index in [-0.39, 0.29) is 5.91 Å². The Morgan fingerprint density at radius 3 is 2.67 bits per heavy atom. The van der Waals surface area contributed by atoms with Crippen molar-refractivity contribution in [3.8, 4) is 11.3 Å². The summed E-state index contributed by atoms with van der Waals surface area (Å²) in [4.78, 5) is 16.7. The monoisotopic (exact) mass is 354 g/mol. The molecule has 0 aliphatic heterocycles. The van der Waals surface area contributed by atoms with Crippen LogP contribution in [0.25, 0.3) is 17.3 Å². The number of carbonyl (C=O) groups excluding carboxylic acids is 1. The van der Waals surface area contributed by atoms with Gasteiger partial charge in [-0.2, -0.15) is 0 Å². The first-order chi connectivity index (χ1) is 11.6. The highest BCUT2D eigenvalue weighted by Gasteiger charge is 2.09. The first-order valence-corrected chi connectivity index (χ1v) is 8.64. The molecule has 120 valence electrons. The number of para-hydroxylation sites is 1. The molecular formula is C19H15ClN2OS. The molecule has 5 heteroatoms. The van der Waals surface area contributed by atoms with Gasteiger partial charge in [0.1, 0.15) is 0 Å². The number of carbonyl (C=O) groups is 1. The molecular weight excluding hydrogens is 340 g/mol. The molecule has 0 radical (unpaired) electrons. The topological polar surface area (TPSA) is 42.0 Å². The van der Waals surface area contributed by atoms with Crippen LogP contribution in [0.15, 0.2) is 60.0 Å². The van der Waals surface area contributed by atoms with E-state index in [2.05, 4.69) is 10.3 Å². The summed E-state index contributed by atoms with van der Waals surface area (Å²) in [5.74, 6) is -0.214. The van der Waals surface area contributed by atoms with Gasteiger partial charge in [0, 0.05) is 22.0 Å². The second-order valence-electron chi connectivity index (χ2n) is 5.14. The summed E-state index contributed by atoms with van der Waals surface area (Å²) in [6, 6.07) is 15.0. The molecule has 1 aromatic heterocycles. The smallest absolute Gasteiger partial charge is 0.248 e. The van der Waals surface area contributed by atoms with Crippen LogP contribution in [0.2, 0.25) is 5.02 Å². The van der Waals surface area contributed by atoms with Crippen LogP contribution < -0.4 is 5.32 Å². The Labute approximate surface area is 149 Å². The van der Waals surface area contributed by atoms with Crippen LogP contribution in [-0.4, -0.2) is 10.9 Å². The number of benzene rings is 2. The number of anilines is 1. The largest absolute Gasteiger partial charge is 0.322 e. The molecule has 0 bridgehead atoms. The average molecular weight is 355 g/mol. The Morgan fingerprint density at radius 2 is 1.92 bits per heavy atom. The van der Waals surface area contributed by atoms with Gasteiger partial charge in [-0.25, -0.2) is 4.98 Å². The van der Waals surface area contributed by atoms with Crippen LogP contribution in [0, 0.1) is 6.92 Å². The third-order valence-corrected chi connectivity index (χ3v) is 4.52. The lowest BCUT2D eigenvalue weighted by molar-refractivity contribution is -0.111. The number of amides is 1. The minimum absolute atomic E-state index is 0.214. The van der Waals surface area contributed by atoms with Crippen molar-refractivity contribution in [2.45, 2.75) is 6.92 Å². The molecule has 0 unspecified atom stereocenters. The number of rotatable bonds is 4. The first-order valence-electron chi connectivity index (χ1n) is 7.38. The van der Waals surface area contributed by atoms with Crippen LogP contribution in [0.1, 0.15) is 10.6 Å². The van der Waals surface area contributed by atoms with Gasteiger partial charge in [0.15, 0.2) is 0 Å². The molecule has 0 aliphatic carbocycles. The van der Waals surface area contributed by atoms with E-state index in [4.69, 9.17) is 11.6 Å². The van der Waals surface area contributed by atoms with Gasteiger partial charge in [0.2, 0.25) is 5.91 Å². The first kappa shape index (κ1) is 16.4. The second-order valence-corrected chi connectivity index (χ2v) is 6.61. The predicted octanol–water partition coefficient (Wildman–Crippen LogP) is 5.42. The highest BCUT2D eigenvalue weighted by molar-refractivity contribution is 7.09. The molecule has 3 aromatic rings. The minimum atomic E-state index is -0.214. The Morgan fingerprint density at radius 1 is 1.17 bits per heavy atom. The van der Waals surface area contributed by atoms with Gasteiger partial charge in [-0.3, -0.25) is 4.79 Å². The molecule has 0 saturated heterocycles. The minimum Gasteiger partial charge on any atom is -0.322 e. The summed E-state index contributed by atoms with van der Waals surface area (Å²) in [6.45, 7) is 1.96. The van der Waals surface area contributed by atoms with Crippen LogP contribution in [0.5, 0.6) is 0 Å². The van der Waals surface area contributed by atoms with Crippen LogP contribution in [0.4, 0.5) is 5.69 Å². The number of halogens is 1. The molecule has 0 saturated carbocycles. The number of nitrogens with one attached hydrogen (secondary N) is 1. The fourth-order valence-corrected chi connectivity index (χ4v) is 3.06. The van der Waals surface area contributed by atoms with Crippen molar-refractivity contribution >= 4 is 40.6 Å². The van der Waals surface area contributed by atoms with Crippen molar-refractivity contribution in [1.82, 2.24) is 4.98 Å². The molecule has 3 nitrogen and oxygen atoms in total. The maximum absolute atomic E-state index is 12.2. The van der Waals surface area contributed by atoms with E-state index in [1.807, 2.05) is 54.8 Å². The zero-order valence-electron chi connectivity index (χ0n) is 13.0. The number of hydrogen-bond donors (Lipinski definition) is 1. The van der Waals surface area contributed by atoms with Crippen molar-refractivity contribution in [2.75, 3.05) is 5.32 Å². The van der Waals surface area contributed by atoms with Crippen molar-refractivity contribution in [3.05, 3.63) is 75.6 Å². The van der Waals surface area contributed by atoms with E-state index in [9.17, 15) is 4.79 Å². The standard InChI is InChI=1S/C19H15ClN2OS/c1-13-21-18(12-24-13)15-7-3-5-9-17(15)22-19(23)11-10-14-6-2-4-8-16(14)20/h2-12H,1H3,(H,22,23)/b11-10+. The fraction of sp³-hybridized carbons (Fsp3) is 0.0526. The van der Waals surface area contributed by atoms with E-state index in [1.54, 1.807) is 23.5 Å². The molecule has 0 fully saturated rings. The Balaban J connectivity index is 1.79. The number of aryl methyl sites for hydroxylation is 1. The normalized spacial score (nSPS) is 10.9. The average Bonchev–Trinajstić information content (AvgIpc) is 3.01. The third-order valence-electron chi connectivity index (χ3n) is 3.40. The highest BCUT2D eigenvalue weighted by Crippen LogP contribution is 2.28. The summed E-state index contributed by atoms with van der Waals surface area (Å²) >= 11 is 7.67. The molecule has 0 aliphatic rings. The van der Waals surface area contributed by atoms with Gasteiger partial charge >= 0.3 is 0 Å². The lowest BCUT2D eigenvalue weighted by atomic mass is 10.1. The summed E-state index contributed by atoms with van der Waals surface area (Å²) in [7, 11) is 0. The zero-order valence-corrected chi connectivity index (χ0v) is 14.6. The number of aromatic nitrogens is 1. The van der Waals surface area contributed by atoms with Gasteiger partial charge in [0.05, 0.1) is 16.4 Å². The summed E-state index contributed by atoms with van der Waals surface area (Å²) in [5.41, 5.74) is 3.30. The fourth-order valence-electron chi connectivity index (χ4n) is 2.25. The van der Waals surface area contributed by atoms with Gasteiger partial charge in [-0.15, -0.1) is 11.3 Å². The Kier molecular flexibility index (Phi) is 5.08. The molecule has 24 heavy (non-hydrogen) atoms. The Hall–Kier alpha value is -2.43. The van der Waals surface area contributed by atoms with Crippen LogP contribution in [0.3, 0.4) is 0 Å². The van der Waals surface area contributed by atoms with Crippen LogP contribution >= 0.6 is 22.9 Å². The summed E-state index contributed by atoms with van der Waals surface area (Å²) < 4.78 is 0. The van der Waals surface area contributed by atoms with Crippen molar-refractivity contribution in [3.63, 3.8) is 0 Å². The molecule has 1 N–H and O–H groups in total. The van der Waals surface area contributed by atoms with Crippen molar-refractivity contribution in [2.24, 2.45) is 0 Å². The maximum Gasteiger partial charge on any atom is 0.248 e. The maximum atomic E-state index is 12.2. The third kappa shape index (κ3) is 3.91. The second kappa shape index (κ2) is 7.43. The quantitative estimate of drug-likeness (QED) is 0.635. The molecule has 0 atom stereocenters. The highest BCUT2D eigenvalue weighted by atomic mass is 35.5. The summed E-state index contributed by atoms with van der Waals surface area (Å²) in [5, 5.41) is 6.49. The molecule has 2 aromatic carbocycles. The number of thiazole rings is 1. The molecule has 0 spiro atoms.